The predicted octanol–water partition coefficient (Wildman–Crippen LogP) is 1.95. The van der Waals surface area contributed by atoms with Crippen molar-refractivity contribution in [1.82, 2.24) is 14.8 Å². The van der Waals surface area contributed by atoms with E-state index >= 15 is 0 Å². The molecule has 1 aliphatic heterocycles. The Bertz CT molecular complexity index is 965. The van der Waals surface area contributed by atoms with Crippen LogP contribution < -0.4 is 22.1 Å². The van der Waals surface area contributed by atoms with Crippen molar-refractivity contribution in [3.63, 3.8) is 0 Å². The van der Waals surface area contributed by atoms with E-state index in [-0.39, 0.29) is 18.0 Å². The number of amides is 4. The third kappa shape index (κ3) is 3.97. The van der Waals surface area contributed by atoms with Gasteiger partial charge in [-0.2, -0.15) is 0 Å². The van der Waals surface area contributed by atoms with Gasteiger partial charge in [0.1, 0.15) is 6.04 Å². The zero-order valence-electron chi connectivity index (χ0n) is 16.8. The summed E-state index contributed by atoms with van der Waals surface area (Å²) in [4.78, 5) is 39.1. The number of fused-ring (bicyclic) bond motifs is 1. The quantitative estimate of drug-likeness (QED) is 0.612. The number of para-hydroxylation sites is 1. The van der Waals surface area contributed by atoms with E-state index in [2.05, 4.69) is 10.6 Å². The number of nitrogens with zero attached hydrogens (tertiary/aromatic N) is 2. The summed E-state index contributed by atoms with van der Waals surface area (Å²) >= 11 is 0. The van der Waals surface area contributed by atoms with Crippen LogP contribution in [0.1, 0.15) is 38.5 Å². The molecule has 1 aromatic carbocycles. The Kier molecular flexibility index (Phi) is 5.63. The number of benzene rings is 1. The Morgan fingerprint density at radius 2 is 1.80 bits per heavy atom. The molecule has 9 heteroatoms. The van der Waals surface area contributed by atoms with Crippen molar-refractivity contribution in [2.75, 3.05) is 11.9 Å². The van der Waals surface area contributed by atoms with Gasteiger partial charge in [-0.1, -0.05) is 37.5 Å². The maximum absolute atomic E-state index is 13.0. The minimum atomic E-state index is -0.639. The van der Waals surface area contributed by atoms with Crippen molar-refractivity contribution in [3.05, 3.63) is 30.5 Å². The summed E-state index contributed by atoms with van der Waals surface area (Å²) in [6, 6.07) is 5.40. The Morgan fingerprint density at radius 1 is 1.07 bits per heavy atom. The summed E-state index contributed by atoms with van der Waals surface area (Å²) in [5, 5.41) is 6.62. The summed E-state index contributed by atoms with van der Waals surface area (Å²) in [5.74, 6) is -0.149. The number of hydrogen-bond donors (Lipinski definition) is 4. The van der Waals surface area contributed by atoms with Gasteiger partial charge in [-0.25, -0.2) is 9.59 Å². The molecule has 2 fully saturated rings. The molecule has 1 aromatic heterocycles. The van der Waals surface area contributed by atoms with Crippen LogP contribution >= 0.6 is 0 Å². The van der Waals surface area contributed by atoms with E-state index in [0.717, 1.165) is 25.7 Å². The Hall–Kier alpha value is -3.07. The number of hydrogen-bond acceptors (Lipinski definition) is 4. The highest BCUT2D eigenvalue weighted by Crippen LogP contribution is 2.27. The van der Waals surface area contributed by atoms with Crippen molar-refractivity contribution in [3.8, 4) is 0 Å². The van der Waals surface area contributed by atoms with Crippen LogP contribution in [0.15, 0.2) is 30.5 Å². The SMILES string of the molecule is NC(=O)n1cc(NC(=O)N2C[C@@H](N)C[C@H]2C(=O)NC2CCCCC2)c2ccccc21. The molecule has 1 saturated heterocycles. The highest BCUT2D eigenvalue weighted by Gasteiger charge is 2.39. The molecule has 9 nitrogen and oxygen atoms in total. The number of urea groups is 1. The first-order valence-electron chi connectivity index (χ1n) is 10.5. The minimum absolute atomic E-state index is 0.149. The van der Waals surface area contributed by atoms with E-state index < -0.39 is 18.1 Å². The molecule has 0 radical (unpaired) electrons. The minimum Gasteiger partial charge on any atom is -0.352 e. The van der Waals surface area contributed by atoms with Crippen LogP contribution in [-0.2, 0) is 4.79 Å². The number of primary amides is 1. The third-order valence-electron chi connectivity index (χ3n) is 6.04. The van der Waals surface area contributed by atoms with Gasteiger partial charge < -0.3 is 27.0 Å². The van der Waals surface area contributed by atoms with Crippen LogP contribution in [0.5, 0.6) is 0 Å². The number of nitrogens with two attached hydrogens (primary N) is 2. The number of aromatic nitrogens is 1. The molecule has 2 aliphatic rings. The van der Waals surface area contributed by atoms with Crippen molar-refractivity contribution >= 4 is 34.6 Å². The summed E-state index contributed by atoms with van der Waals surface area (Å²) in [5.41, 5.74) is 12.6. The summed E-state index contributed by atoms with van der Waals surface area (Å²) in [6.07, 6.45) is 7.31. The fraction of sp³-hybridized carbons (Fsp3) is 0.476. The van der Waals surface area contributed by atoms with E-state index in [0.29, 0.717) is 29.6 Å². The van der Waals surface area contributed by atoms with E-state index in [4.69, 9.17) is 11.5 Å². The van der Waals surface area contributed by atoms with Crippen molar-refractivity contribution in [1.29, 1.82) is 0 Å². The molecular formula is C21H28N6O3. The molecule has 2 heterocycles. The van der Waals surface area contributed by atoms with Crippen LogP contribution in [0.25, 0.3) is 10.9 Å². The molecule has 4 amide bonds. The van der Waals surface area contributed by atoms with Gasteiger partial charge >= 0.3 is 12.1 Å². The van der Waals surface area contributed by atoms with Gasteiger partial charge in [-0.3, -0.25) is 9.36 Å². The van der Waals surface area contributed by atoms with Crippen LogP contribution in [0, 0.1) is 0 Å². The molecule has 0 bridgehead atoms. The van der Waals surface area contributed by atoms with Gasteiger partial charge in [0.05, 0.1) is 11.2 Å². The molecule has 4 rings (SSSR count). The maximum Gasteiger partial charge on any atom is 0.323 e. The van der Waals surface area contributed by atoms with Gasteiger partial charge in [0.2, 0.25) is 5.91 Å². The molecule has 0 unspecified atom stereocenters. The average molecular weight is 412 g/mol. The summed E-state index contributed by atoms with van der Waals surface area (Å²) in [7, 11) is 0. The van der Waals surface area contributed by atoms with E-state index in [1.807, 2.05) is 6.07 Å². The predicted molar refractivity (Wildman–Crippen MR) is 114 cm³/mol. The van der Waals surface area contributed by atoms with Crippen LogP contribution in [0.3, 0.4) is 0 Å². The smallest absolute Gasteiger partial charge is 0.323 e. The molecule has 2 aromatic rings. The van der Waals surface area contributed by atoms with Crippen molar-refractivity contribution in [2.24, 2.45) is 11.5 Å². The Labute approximate surface area is 174 Å². The molecular weight excluding hydrogens is 384 g/mol. The second-order valence-electron chi connectivity index (χ2n) is 8.21. The first-order chi connectivity index (χ1) is 14.4. The first-order valence-corrected chi connectivity index (χ1v) is 10.5. The number of carbonyl (C=O) groups excluding carboxylic acids is 3. The highest BCUT2D eigenvalue weighted by atomic mass is 16.2. The van der Waals surface area contributed by atoms with E-state index in [9.17, 15) is 14.4 Å². The normalized spacial score (nSPS) is 22.2. The lowest BCUT2D eigenvalue weighted by molar-refractivity contribution is -0.125. The zero-order valence-corrected chi connectivity index (χ0v) is 16.8. The van der Waals surface area contributed by atoms with E-state index in [1.54, 1.807) is 18.2 Å². The largest absolute Gasteiger partial charge is 0.352 e. The second kappa shape index (κ2) is 8.35. The highest BCUT2D eigenvalue weighted by molar-refractivity contribution is 6.05. The average Bonchev–Trinajstić information content (AvgIpc) is 3.30. The molecule has 1 aliphatic carbocycles. The van der Waals surface area contributed by atoms with Crippen LogP contribution in [0.2, 0.25) is 0 Å². The topological polar surface area (TPSA) is 135 Å². The standard InChI is InChI=1S/C21H28N6O3/c22-13-10-18(19(28)24-14-6-2-1-3-7-14)27(11-13)21(30)25-16-12-26(20(23)29)17-9-5-4-8-15(16)17/h4-5,8-9,12-14,18H,1-3,6-7,10-11,22H2,(H2,23,29)(H,24,28)(H,25,30)/t13-,18-/m0/s1. The maximum atomic E-state index is 13.0. The molecule has 30 heavy (non-hydrogen) atoms. The molecule has 160 valence electrons. The first kappa shape index (κ1) is 20.2. The number of likely N-dealkylation sites (tertiary alicyclic amines) is 1. The summed E-state index contributed by atoms with van der Waals surface area (Å²) < 4.78 is 1.29. The van der Waals surface area contributed by atoms with Crippen molar-refractivity contribution < 1.29 is 14.4 Å². The van der Waals surface area contributed by atoms with Crippen molar-refractivity contribution in [2.45, 2.75) is 56.7 Å². The Balaban J connectivity index is 1.51. The third-order valence-corrected chi connectivity index (χ3v) is 6.04. The van der Waals surface area contributed by atoms with E-state index in [1.165, 1.54) is 22.1 Å². The van der Waals surface area contributed by atoms with Gasteiger partial charge in [0.25, 0.3) is 0 Å². The number of carbonyl (C=O) groups is 3. The number of rotatable bonds is 3. The zero-order chi connectivity index (χ0) is 21.3. The number of anilines is 1. The van der Waals surface area contributed by atoms with Gasteiger partial charge in [-0.05, 0) is 25.3 Å². The summed E-state index contributed by atoms with van der Waals surface area (Å²) in [6.45, 7) is 0.295. The van der Waals surface area contributed by atoms with Crippen LogP contribution in [-0.4, -0.2) is 52.1 Å². The lowest BCUT2D eigenvalue weighted by Crippen LogP contribution is -2.50. The van der Waals surface area contributed by atoms with Gasteiger partial charge in [-0.15, -0.1) is 0 Å². The molecule has 2 atom stereocenters. The molecule has 0 spiro atoms. The Morgan fingerprint density at radius 3 is 2.53 bits per heavy atom. The van der Waals surface area contributed by atoms with Gasteiger partial charge in [0, 0.05) is 30.2 Å². The lowest BCUT2D eigenvalue weighted by atomic mass is 9.95. The monoisotopic (exact) mass is 412 g/mol. The lowest BCUT2D eigenvalue weighted by Gasteiger charge is -2.28. The van der Waals surface area contributed by atoms with Crippen LogP contribution in [0.4, 0.5) is 15.3 Å². The fourth-order valence-electron chi connectivity index (χ4n) is 4.53. The second-order valence-corrected chi connectivity index (χ2v) is 8.21. The van der Waals surface area contributed by atoms with Gasteiger partial charge in [0.15, 0.2) is 0 Å². The molecule has 1 saturated carbocycles. The number of nitrogens with one attached hydrogen (secondary N) is 2. The fourth-order valence-corrected chi connectivity index (χ4v) is 4.53. The molecule has 6 N–H and O–H groups in total.